The molecule has 0 nitrogen and oxygen atoms in total. The quantitative estimate of drug-likeness (QED) is 0.722. The van der Waals surface area contributed by atoms with Gasteiger partial charge in [0, 0.05) is 4.47 Å². The molecule has 1 fully saturated rings. The molecule has 80 valence electrons. The summed E-state index contributed by atoms with van der Waals surface area (Å²) in [6.07, 6.45) is 2.74. The topological polar surface area (TPSA) is 0 Å². The molecule has 0 N–H and O–H groups in total. The average molecular weight is 273 g/mol. The van der Waals surface area contributed by atoms with Gasteiger partial charge in [-0.2, -0.15) is 0 Å². The lowest BCUT2D eigenvalue weighted by Crippen LogP contribution is -1.81. The Hall–Kier alpha value is -1.08. The molecule has 1 aliphatic rings. The van der Waals surface area contributed by atoms with Crippen LogP contribution in [0, 0.1) is 0 Å². The van der Waals surface area contributed by atoms with E-state index in [0.717, 1.165) is 10.4 Å². The van der Waals surface area contributed by atoms with Gasteiger partial charge in [-0.3, -0.25) is 0 Å². The molecule has 2 aromatic rings. The van der Waals surface area contributed by atoms with Crippen LogP contribution in [-0.2, 0) is 0 Å². The van der Waals surface area contributed by atoms with Gasteiger partial charge in [0.1, 0.15) is 0 Å². The van der Waals surface area contributed by atoms with Crippen LogP contribution in [0.3, 0.4) is 0 Å². The molecule has 1 saturated carbocycles. The Bertz CT molecular complexity index is 495. The Morgan fingerprint density at radius 2 is 1.62 bits per heavy atom. The smallest absolute Gasteiger partial charge is 0.0181 e. The van der Waals surface area contributed by atoms with E-state index in [1.807, 2.05) is 0 Å². The minimum atomic E-state index is 0.844. The van der Waals surface area contributed by atoms with Crippen molar-refractivity contribution in [3.05, 3.63) is 58.6 Å². The molecule has 0 spiro atoms. The van der Waals surface area contributed by atoms with Crippen LogP contribution in [0.25, 0.3) is 11.1 Å². The summed E-state index contributed by atoms with van der Waals surface area (Å²) in [5.74, 6) is 0.844. The van der Waals surface area contributed by atoms with E-state index in [0.29, 0.717) is 0 Å². The third kappa shape index (κ3) is 2.05. The van der Waals surface area contributed by atoms with Crippen molar-refractivity contribution in [2.75, 3.05) is 0 Å². The first kappa shape index (κ1) is 10.1. The van der Waals surface area contributed by atoms with Crippen molar-refractivity contribution in [2.24, 2.45) is 0 Å². The first-order valence-electron chi connectivity index (χ1n) is 5.69. The third-order valence-electron chi connectivity index (χ3n) is 3.12. The maximum Gasteiger partial charge on any atom is 0.0181 e. The van der Waals surface area contributed by atoms with Gasteiger partial charge in [0.15, 0.2) is 0 Å². The zero-order chi connectivity index (χ0) is 11.0. The summed E-state index contributed by atoms with van der Waals surface area (Å²) < 4.78 is 1.14. The molecule has 0 bridgehead atoms. The second-order valence-electron chi connectivity index (χ2n) is 4.41. The van der Waals surface area contributed by atoms with E-state index < -0.39 is 0 Å². The molecule has 16 heavy (non-hydrogen) atoms. The van der Waals surface area contributed by atoms with Crippen LogP contribution in [0.4, 0.5) is 0 Å². The summed E-state index contributed by atoms with van der Waals surface area (Å²) >= 11 is 3.51. The lowest BCUT2D eigenvalue weighted by molar-refractivity contribution is 1.13. The molecule has 2 aromatic carbocycles. The maximum absolute atomic E-state index is 3.51. The Kier molecular flexibility index (Phi) is 2.56. The summed E-state index contributed by atoms with van der Waals surface area (Å²) in [7, 11) is 0. The predicted octanol–water partition coefficient (Wildman–Crippen LogP) is 4.99. The van der Waals surface area contributed by atoms with Crippen LogP contribution in [-0.4, -0.2) is 0 Å². The van der Waals surface area contributed by atoms with E-state index in [4.69, 9.17) is 0 Å². The van der Waals surface area contributed by atoms with Crippen LogP contribution in [0.1, 0.15) is 24.3 Å². The van der Waals surface area contributed by atoms with Crippen molar-refractivity contribution in [3.63, 3.8) is 0 Å². The van der Waals surface area contributed by atoms with Gasteiger partial charge in [0.05, 0.1) is 0 Å². The Morgan fingerprint density at radius 1 is 0.875 bits per heavy atom. The van der Waals surface area contributed by atoms with Gasteiger partial charge in [-0.25, -0.2) is 0 Å². The zero-order valence-corrected chi connectivity index (χ0v) is 10.6. The highest BCUT2D eigenvalue weighted by molar-refractivity contribution is 9.10. The Labute approximate surface area is 104 Å². The molecule has 0 heterocycles. The van der Waals surface area contributed by atoms with E-state index in [-0.39, 0.29) is 0 Å². The van der Waals surface area contributed by atoms with Gasteiger partial charge >= 0.3 is 0 Å². The highest BCUT2D eigenvalue weighted by atomic mass is 79.9. The fraction of sp³-hybridized carbons (Fsp3) is 0.200. The van der Waals surface area contributed by atoms with Crippen LogP contribution >= 0.6 is 15.9 Å². The summed E-state index contributed by atoms with van der Waals surface area (Å²) in [6, 6.07) is 17.5. The summed E-state index contributed by atoms with van der Waals surface area (Å²) in [4.78, 5) is 0. The molecule has 0 radical (unpaired) electrons. The van der Waals surface area contributed by atoms with E-state index in [1.54, 1.807) is 0 Å². The van der Waals surface area contributed by atoms with Gasteiger partial charge in [-0.05, 0) is 47.6 Å². The molecular formula is C15H13Br. The second-order valence-corrected chi connectivity index (χ2v) is 5.32. The average Bonchev–Trinajstić information content (AvgIpc) is 3.13. The summed E-state index contributed by atoms with van der Waals surface area (Å²) in [5.41, 5.74) is 4.07. The molecule has 1 heteroatoms. The first-order valence-corrected chi connectivity index (χ1v) is 6.48. The van der Waals surface area contributed by atoms with Crippen LogP contribution in [0.15, 0.2) is 53.0 Å². The minimum Gasteiger partial charge on any atom is -0.0605 e. The molecule has 0 atom stereocenters. The van der Waals surface area contributed by atoms with Crippen molar-refractivity contribution >= 4 is 15.9 Å². The largest absolute Gasteiger partial charge is 0.0605 e. The Morgan fingerprint density at radius 3 is 2.25 bits per heavy atom. The lowest BCUT2D eigenvalue weighted by Gasteiger charge is -2.04. The van der Waals surface area contributed by atoms with Crippen LogP contribution in [0.2, 0.25) is 0 Å². The third-order valence-corrected chi connectivity index (χ3v) is 3.61. The standard InChI is InChI=1S/C15H13Br/c16-15-3-1-2-14(10-15)13-8-6-12(7-9-13)11-4-5-11/h1-3,6-11H,4-5H2. The van der Waals surface area contributed by atoms with E-state index in [2.05, 4.69) is 64.5 Å². The molecular weight excluding hydrogens is 260 g/mol. The Balaban J connectivity index is 1.94. The summed E-state index contributed by atoms with van der Waals surface area (Å²) in [6.45, 7) is 0. The minimum absolute atomic E-state index is 0.844. The predicted molar refractivity (Wildman–Crippen MR) is 71.6 cm³/mol. The monoisotopic (exact) mass is 272 g/mol. The van der Waals surface area contributed by atoms with Gasteiger partial charge in [-0.1, -0.05) is 52.3 Å². The van der Waals surface area contributed by atoms with Crippen molar-refractivity contribution in [3.8, 4) is 11.1 Å². The van der Waals surface area contributed by atoms with E-state index >= 15 is 0 Å². The summed E-state index contributed by atoms with van der Waals surface area (Å²) in [5, 5.41) is 0. The number of rotatable bonds is 2. The molecule has 1 aliphatic carbocycles. The second kappa shape index (κ2) is 4.06. The molecule has 0 aliphatic heterocycles. The van der Waals surface area contributed by atoms with E-state index in [1.165, 1.54) is 29.5 Å². The molecule has 0 aromatic heterocycles. The number of halogens is 1. The van der Waals surface area contributed by atoms with Crippen molar-refractivity contribution < 1.29 is 0 Å². The fourth-order valence-corrected chi connectivity index (χ4v) is 2.43. The van der Waals surface area contributed by atoms with Crippen molar-refractivity contribution in [1.29, 1.82) is 0 Å². The van der Waals surface area contributed by atoms with Gasteiger partial charge < -0.3 is 0 Å². The molecule has 0 saturated heterocycles. The molecule has 0 amide bonds. The zero-order valence-electron chi connectivity index (χ0n) is 8.99. The van der Waals surface area contributed by atoms with Gasteiger partial charge in [-0.15, -0.1) is 0 Å². The number of hydrogen-bond donors (Lipinski definition) is 0. The normalized spacial score (nSPS) is 15.1. The van der Waals surface area contributed by atoms with Gasteiger partial charge in [0.2, 0.25) is 0 Å². The first-order chi connectivity index (χ1) is 7.83. The molecule has 3 rings (SSSR count). The SMILES string of the molecule is Brc1cccc(-c2ccc(C3CC3)cc2)c1. The van der Waals surface area contributed by atoms with Crippen molar-refractivity contribution in [2.45, 2.75) is 18.8 Å². The number of hydrogen-bond acceptors (Lipinski definition) is 0. The fourth-order valence-electron chi connectivity index (χ4n) is 2.03. The van der Waals surface area contributed by atoms with E-state index in [9.17, 15) is 0 Å². The maximum atomic E-state index is 3.51. The van der Waals surface area contributed by atoms with Crippen LogP contribution < -0.4 is 0 Å². The highest BCUT2D eigenvalue weighted by Gasteiger charge is 2.22. The molecule has 0 unspecified atom stereocenters. The highest BCUT2D eigenvalue weighted by Crippen LogP contribution is 2.40. The lowest BCUT2D eigenvalue weighted by atomic mass is 10.0. The van der Waals surface area contributed by atoms with Crippen molar-refractivity contribution in [1.82, 2.24) is 0 Å². The van der Waals surface area contributed by atoms with Gasteiger partial charge in [0.25, 0.3) is 0 Å². The van der Waals surface area contributed by atoms with Crippen LogP contribution in [0.5, 0.6) is 0 Å². The number of benzene rings is 2.